The van der Waals surface area contributed by atoms with Crippen molar-refractivity contribution in [1.82, 2.24) is 14.7 Å². The van der Waals surface area contributed by atoms with Crippen LogP contribution < -0.4 is 0 Å². The lowest BCUT2D eigenvalue weighted by molar-refractivity contribution is -0.127. The molecule has 43 heavy (non-hydrogen) atoms. The number of hydrogen-bond donors (Lipinski definition) is 0. The first kappa shape index (κ1) is 34.2. The van der Waals surface area contributed by atoms with Crippen LogP contribution in [-0.2, 0) is 9.22 Å². The van der Waals surface area contributed by atoms with Gasteiger partial charge in [-0.2, -0.15) is 5.10 Å². The molecule has 0 radical (unpaired) electrons. The molecule has 238 valence electrons. The van der Waals surface area contributed by atoms with Crippen LogP contribution in [0, 0.1) is 17.8 Å². The van der Waals surface area contributed by atoms with Gasteiger partial charge in [0.1, 0.15) is 5.78 Å². The Morgan fingerprint density at radius 1 is 1.07 bits per heavy atom. The smallest absolute Gasteiger partial charge is 0.257 e. The molecule has 1 aromatic heterocycles. The Labute approximate surface area is 270 Å². The molecule has 1 unspecified atom stereocenters. The molecule has 1 atom stereocenters. The minimum atomic E-state index is -2.09. The zero-order valence-corrected chi connectivity index (χ0v) is 29.8. The number of amides is 1. The summed E-state index contributed by atoms with van der Waals surface area (Å²) in [5.41, 5.74) is 2.12. The zero-order valence-electron chi connectivity index (χ0n) is 27.3. The summed E-state index contributed by atoms with van der Waals surface area (Å²) >= 11 is 13.6. The van der Waals surface area contributed by atoms with Gasteiger partial charge in [-0.05, 0) is 88.1 Å². The molecule has 1 amide bonds. The number of halogens is 2. The number of benzene rings is 1. The number of aromatic nitrogens is 2. The minimum absolute atomic E-state index is 0.0187. The van der Waals surface area contributed by atoms with Crippen LogP contribution in [0.4, 0.5) is 0 Å². The van der Waals surface area contributed by atoms with Gasteiger partial charge in [-0.1, -0.05) is 70.3 Å². The van der Waals surface area contributed by atoms with Crippen molar-refractivity contribution in [3.63, 3.8) is 0 Å². The number of rotatable bonds is 13. The topological polar surface area (TPSA) is 64.4 Å². The van der Waals surface area contributed by atoms with Crippen LogP contribution in [0.2, 0.25) is 28.2 Å². The fourth-order valence-corrected chi connectivity index (χ4v) is 10.6. The van der Waals surface area contributed by atoms with Crippen molar-refractivity contribution in [2.45, 2.75) is 124 Å². The lowest BCUT2D eigenvalue weighted by atomic mass is 9.70. The molecule has 2 saturated carbocycles. The lowest BCUT2D eigenvalue weighted by Gasteiger charge is -2.44. The molecule has 4 rings (SSSR count). The molecule has 0 bridgehead atoms. The van der Waals surface area contributed by atoms with Crippen LogP contribution in [0.15, 0.2) is 24.4 Å². The third-order valence-corrected chi connectivity index (χ3v) is 16.3. The summed E-state index contributed by atoms with van der Waals surface area (Å²) in [6, 6.07) is 8.73. The number of carbonyl (C=O) groups excluding carboxylic acids is 2. The number of ketones is 1. The van der Waals surface area contributed by atoms with E-state index >= 15 is 0 Å². The molecule has 0 spiro atoms. The van der Waals surface area contributed by atoms with E-state index in [4.69, 9.17) is 32.7 Å². The van der Waals surface area contributed by atoms with Gasteiger partial charge < -0.3 is 9.33 Å². The van der Waals surface area contributed by atoms with E-state index in [9.17, 15) is 9.59 Å². The third kappa shape index (κ3) is 7.26. The highest BCUT2D eigenvalue weighted by molar-refractivity contribution is 6.73. The number of hydrogen-bond acceptors (Lipinski definition) is 4. The van der Waals surface area contributed by atoms with Crippen molar-refractivity contribution in [1.29, 1.82) is 0 Å². The molecule has 2 aromatic rings. The second kappa shape index (κ2) is 13.8. The van der Waals surface area contributed by atoms with Crippen LogP contribution in [0.3, 0.4) is 0 Å². The Balaban J connectivity index is 1.67. The fourth-order valence-electron chi connectivity index (χ4n) is 7.13. The van der Waals surface area contributed by atoms with Gasteiger partial charge in [0.25, 0.3) is 5.91 Å². The molecule has 0 N–H and O–H groups in total. The maximum absolute atomic E-state index is 14.5. The van der Waals surface area contributed by atoms with Crippen molar-refractivity contribution in [3.05, 3.63) is 51.3 Å². The Bertz CT molecular complexity index is 1270. The standard InChI is InChI=1S/C34H51Cl2N3O3Si/c1-8-43(9-2,10-3)42-30(31-28(35)13-11-14-29(31)36)22-38(23-33(6)17-12-18-33)32(41)27-21-37-39(24(27)4)26-15-19-34(7,20-16-26)25(5)40/h11,13-14,21,26,30H,8-10,12,15-20,22-23H2,1-7H3/t26-,30?,34-. The molecule has 9 heteroatoms. The quantitative estimate of drug-likeness (QED) is 0.203. The van der Waals surface area contributed by atoms with Gasteiger partial charge in [-0.25, -0.2) is 0 Å². The van der Waals surface area contributed by atoms with Crippen LogP contribution in [0.1, 0.15) is 120 Å². The molecule has 2 fully saturated rings. The number of carbonyl (C=O) groups is 2. The van der Waals surface area contributed by atoms with Crippen molar-refractivity contribution < 1.29 is 14.0 Å². The molecular weight excluding hydrogens is 597 g/mol. The summed E-state index contributed by atoms with van der Waals surface area (Å²) in [5, 5.41) is 5.90. The van der Waals surface area contributed by atoms with Crippen molar-refractivity contribution >= 4 is 43.2 Å². The molecular formula is C34H51Cl2N3O3Si. The molecule has 6 nitrogen and oxygen atoms in total. The monoisotopic (exact) mass is 647 g/mol. The van der Waals surface area contributed by atoms with E-state index in [0.717, 1.165) is 67.9 Å². The Morgan fingerprint density at radius 3 is 2.14 bits per heavy atom. The summed E-state index contributed by atoms with van der Waals surface area (Å²) < 4.78 is 9.14. The van der Waals surface area contributed by atoms with E-state index in [1.54, 1.807) is 13.1 Å². The van der Waals surface area contributed by atoms with Gasteiger partial charge in [0.05, 0.1) is 30.5 Å². The third-order valence-electron chi connectivity index (χ3n) is 11.0. The van der Waals surface area contributed by atoms with E-state index in [-0.39, 0.29) is 28.6 Å². The van der Waals surface area contributed by atoms with Crippen LogP contribution in [0.5, 0.6) is 0 Å². The van der Waals surface area contributed by atoms with Crippen LogP contribution in [-0.4, -0.2) is 47.8 Å². The second-order valence-corrected chi connectivity index (χ2v) is 19.3. The predicted molar refractivity (Wildman–Crippen MR) is 179 cm³/mol. The molecule has 0 aliphatic heterocycles. The summed E-state index contributed by atoms with van der Waals surface area (Å²) in [4.78, 5) is 28.7. The zero-order chi connectivity index (χ0) is 31.6. The Kier molecular flexibility index (Phi) is 10.9. The molecule has 0 saturated heterocycles. The van der Waals surface area contributed by atoms with Crippen LogP contribution in [0.25, 0.3) is 0 Å². The van der Waals surface area contributed by atoms with E-state index in [2.05, 4.69) is 34.6 Å². The minimum Gasteiger partial charge on any atom is -0.408 e. The average molecular weight is 649 g/mol. The molecule has 1 heterocycles. The van der Waals surface area contributed by atoms with Gasteiger partial charge in [0.2, 0.25) is 0 Å². The summed E-state index contributed by atoms with van der Waals surface area (Å²) in [7, 11) is -2.09. The van der Waals surface area contributed by atoms with Gasteiger partial charge >= 0.3 is 0 Å². The van der Waals surface area contributed by atoms with E-state index in [0.29, 0.717) is 28.7 Å². The number of nitrogens with zero attached hydrogens (tertiary/aromatic N) is 3. The largest absolute Gasteiger partial charge is 0.408 e. The fraction of sp³-hybridized carbons (Fsp3) is 0.676. The SMILES string of the molecule is CC[Si](CC)(CC)OC(CN(CC1(C)CCC1)C(=O)c1cnn([C@H]2CC[C@](C)(C(C)=O)CC2)c1C)c1c(Cl)cccc1Cl. The van der Waals surface area contributed by atoms with Gasteiger partial charge in [-0.3, -0.25) is 14.3 Å². The summed E-state index contributed by atoms with van der Waals surface area (Å²) in [5.74, 6) is 0.241. The number of Topliss-reactive ketones (excluding diaryl/α,β-unsaturated/α-hetero) is 1. The summed E-state index contributed by atoms with van der Waals surface area (Å²) in [6.45, 7) is 15.7. The lowest BCUT2D eigenvalue weighted by Crippen LogP contribution is -2.47. The average Bonchev–Trinajstić information content (AvgIpc) is 3.35. The van der Waals surface area contributed by atoms with Crippen LogP contribution >= 0.6 is 23.2 Å². The molecule has 1 aromatic carbocycles. The summed E-state index contributed by atoms with van der Waals surface area (Å²) in [6.07, 6.45) is 8.16. The van der Waals surface area contributed by atoms with E-state index in [1.807, 2.05) is 34.7 Å². The van der Waals surface area contributed by atoms with Crippen molar-refractivity contribution in [3.8, 4) is 0 Å². The van der Waals surface area contributed by atoms with E-state index < -0.39 is 14.4 Å². The Hall–Kier alpha value is -1.67. The van der Waals surface area contributed by atoms with Crippen molar-refractivity contribution in [2.24, 2.45) is 10.8 Å². The molecule has 2 aliphatic carbocycles. The Morgan fingerprint density at radius 2 is 1.65 bits per heavy atom. The van der Waals surface area contributed by atoms with E-state index in [1.165, 1.54) is 6.42 Å². The normalized spacial score (nSPS) is 22.6. The first-order valence-corrected chi connectivity index (χ1v) is 19.6. The highest BCUT2D eigenvalue weighted by Gasteiger charge is 2.41. The maximum Gasteiger partial charge on any atom is 0.257 e. The second-order valence-electron chi connectivity index (χ2n) is 13.8. The first-order valence-electron chi connectivity index (χ1n) is 16.3. The maximum atomic E-state index is 14.5. The highest BCUT2D eigenvalue weighted by atomic mass is 35.5. The molecule has 2 aliphatic rings. The van der Waals surface area contributed by atoms with Gasteiger partial charge in [-0.15, -0.1) is 0 Å². The highest BCUT2D eigenvalue weighted by Crippen LogP contribution is 2.44. The van der Waals surface area contributed by atoms with Gasteiger partial charge in [0, 0.05) is 33.3 Å². The van der Waals surface area contributed by atoms with Crippen molar-refractivity contribution in [2.75, 3.05) is 13.1 Å². The van der Waals surface area contributed by atoms with Gasteiger partial charge in [0.15, 0.2) is 8.32 Å². The first-order chi connectivity index (χ1) is 20.3. The predicted octanol–water partition coefficient (Wildman–Crippen LogP) is 9.60.